The first-order valence-electron chi connectivity index (χ1n) is 8.71. The quantitative estimate of drug-likeness (QED) is 0.610. The number of hydrogen-bond donors (Lipinski definition) is 1. The van der Waals surface area contributed by atoms with Crippen LogP contribution in [0.2, 0.25) is 0 Å². The Labute approximate surface area is 155 Å². The van der Waals surface area contributed by atoms with Crippen molar-refractivity contribution in [2.24, 2.45) is 0 Å². The molecule has 1 fully saturated rings. The van der Waals surface area contributed by atoms with Crippen LogP contribution in [0.25, 0.3) is 0 Å². The van der Waals surface area contributed by atoms with Crippen molar-refractivity contribution in [3.05, 3.63) is 63.7 Å². The van der Waals surface area contributed by atoms with Crippen LogP contribution in [-0.4, -0.2) is 36.1 Å². The highest BCUT2D eigenvalue weighted by atomic mass is 19.1. The number of likely N-dealkylation sites (tertiary alicyclic amines) is 1. The Bertz CT molecular complexity index is 824. The molecular formula is C19H21F2N3O3. The number of nitrogens with one attached hydrogen (secondary N) is 1. The van der Waals surface area contributed by atoms with E-state index in [-0.39, 0.29) is 29.0 Å². The van der Waals surface area contributed by atoms with E-state index in [1.807, 2.05) is 6.07 Å². The third-order valence-electron chi connectivity index (χ3n) is 4.72. The van der Waals surface area contributed by atoms with Crippen LogP contribution < -0.4 is 10.1 Å². The van der Waals surface area contributed by atoms with Crippen molar-refractivity contribution in [1.82, 2.24) is 4.90 Å². The van der Waals surface area contributed by atoms with Crippen LogP contribution in [0.4, 0.5) is 20.2 Å². The highest BCUT2D eigenvalue weighted by Crippen LogP contribution is 2.28. The molecule has 1 N–H and O–H groups in total. The maximum absolute atomic E-state index is 13.8. The van der Waals surface area contributed by atoms with E-state index in [0.29, 0.717) is 6.54 Å². The minimum atomic E-state index is -0.519. The maximum atomic E-state index is 13.8. The van der Waals surface area contributed by atoms with Gasteiger partial charge in [-0.25, -0.2) is 8.78 Å². The normalized spacial score (nSPS) is 15.5. The van der Waals surface area contributed by atoms with Gasteiger partial charge < -0.3 is 10.1 Å². The summed E-state index contributed by atoms with van der Waals surface area (Å²) < 4.78 is 32.2. The number of piperidine rings is 1. The number of rotatable bonds is 6. The van der Waals surface area contributed by atoms with E-state index in [1.165, 1.54) is 19.2 Å². The second-order valence-electron chi connectivity index (χ2n) is 6.58. The molecule has 0 bridgehead atoms. The Hall–Kier alpha value is -2.74. The molecule has 1 aliphatic heterocycles. The minimum Gasteiger partial charge on any atom is -0.494 e. The number of nitrogens with zero attached hydrogens (tertiary/aromatic N) is 2. The van der Waals surface area contributed by atoms with Crippen molar-refractivity contribution >= 4 is 11.4 Å². The van der Waals surface area contributed by atoms with E-state index in [4.69, 9.17) is 4.74 Å². The molecule has 3 rings (SSSR count). The molecule has 27 heavy (non-hydrogen) atoms. The van der Waals surface area contributed by atoms with E-state index >= 15 is 0 Å². The number of benzene rings is 2. The third kappa shape index (κ3) is 4.71. The van der Waals surface area contributed by atoms with E-state index in [0.717, 1.165) is 43.6 Å². The summed E-state index contributed by atoms with van der Waals surface area (Å²) in [6.07, 6.45) is 1.51. The first-order chi connectivity index (χ1) is 13.0. The molecule has 2 aromatic rings. The monoisotopic (exact) mass is 377 g/mol. The summed E-state index contributed by atoms with van der Waals surface area (Å²) in [6, 6.07) is 8.36. The first-order valence-corrected chi connectivity index (χ1v) is 8.71. The standard InChI is InChI=1S/C19H21F2N3O3/c1-27-19-5-2-13(10-16(19)21)12-23-8-6-15(7-9-23)22-17-11-14(20)3-4-18(17)24(25)26/h2-5,10-11,15,22H,6-9,12H2,1H3. The molecule has 1 saturated heterocycles. The predicted molar refractivity (Wildman–Crippen MR) is 97.9 cm³/mol. The molecule has 1 heterocycles. The largest absolute Gasteiger partial charge is 0.494 e. The summed E-state index contributed by atoms with van der Waals surface area (Å²) in [5.74, 6) is -0.676. The van der Waals surface area contributed by atoms with Gasteiger partial charge in [0.1, 0.15) is 11.5 Å². The van der Waals surface area contributed by atoms with Crippen LogP contribution in [0.15, 0.2) is 36.4 Å². The molecular weight excluding hydrogens is 356 g/mol. The summed E-state index contributed by atoms with van der Waals surface area (Å²) >= 11 is 0. The van der Waals surface area contributed by atoms with Gasteiger partial charge in [0.2, 0.25) is 0 Å². The lowest BCUT2D eigenvalue weighted by Gasteiger charge is -2.32. The molecule has 2 aromatic carbocycles. The highest BCUT2D eigenvalue weighted by molar-refractivity contribution is 5.61. The van der Waals surface area contributed by atoms with Gasteiger partial charge in [0.25, 0.3) is 5.69 Å². The molecule has 0 aromatic heterocycles. The fraction of sp³-hybridized carbons (Fsp3) is 0.368. The molecule has 0 unspecified atom stereocenters. The van der Waals surface area contributed by atoms with Gasteiger partial charge in [-0.1, -0.05) is 6.07 Å². The number of nitro groups is 1. The van der Waals surface area contributed by atoms with Gasteiger partial charge in [-0.3, -0.25) is 15.0 Å². The van der Waals surface area contributed by atoms with Crippen LogP contribution >= 0.6 is 0 Å². The fourth-order valence-corrected chi connectivity index (χ4v) is 3.30. The number of anilines is 1. The number of halogens is 2. The average Bonchev–Trinajstić information content (AvgIpc) is 2.63. The summed E-state index contributed by atoms with van der Waals surface area (Å²) in [6.45, 7) is 2.14. The molecule has 0 aliphatic carbocycles. The van der Waals surface area contributed by atoms with Crippen LogP contribution in [0, 0.1) is 21.7 Å². The number of methoxy groups -OCH3 is 1. The predicted octanol–water partition coefficient (Wildman–Crippen LogP) is 3.96. The van der Waals surface area contributed by atoms with E-state index < -0.39 is 10.7 Å². The highest BCUT2D eigenvalue weighted by Gasteiger charge is 2.23. The van der Waals surface area contributed by atoms with E-state index in [1.54, 1.807) is 6.07 Å². The second-order valence-corrected chi connectivity index (χ2v) is 6.58. The molecule has 1 aliphatic rings. The van der Waals surface area contributed by atoms with Crippen molar-refractivity contribution in [3.63, 3.8) is 0 Å². The summed E-state index contributed by atoms with van der Waals surface area (Å²) in [5.41, 5.74) is 0.934. The van der Waals surface area contributed by atoms with Gasteiger partial charge in [-0.2, -0.15) is 0 Å². The maximum Gasteiger partial charge on any atom is 0.292 e. The van der Waals surface area contributed by atoms with Gasteiger partial charge in [0.15, 0.2) is 11.6 Å². The number of nitro benzene ring substituents is 1. The molecule has 0 saturated carbocycles. The van der Waals surface area contributed by atoms with E-state index in [2.05, 4.69) is 10.2 Å². The zero-order chi connectivity index (χ0) is 19.4. The molecule has 8 heteroatoms. The van der Waals surface area contributed by atoms with Crippen LogP contribution in [-0.2, 0) is 6.54 Å². The number of hydrogen-bond acceptors (Lipinski definition) is 5. The van der Waals surface area contributed by atoms with Gasteiger partial charge in [0.05, 0.1) is 12.0 Å². The van der Waals surface area contributed by atoms with Crippen molar-refractivity contribution in [2.75, 3.05) is 25.5 Å². The fourth-order valence-electron chi connectivity index (χ4n) is 3.30. The second kappa shape index (κ2) is 8.30. The summed E-state index contributed by atoms with van der Waals surface area (Å²) in [5, 5.41) is 14.2. The molecule has 0 atom stereocenters. The zero-order valence-corrected chi connectivity index (χ0v) is 15.0. The van der Waals surface area contributed by atoms with Crippen LogP contribution in [0.3, 0.4) is 0 Å². The van der Waals surface area contributed by atoms with Gasteiger partial charge in [0, 0.05) is 37.8 Å². The lowest BCUT2D eigenvalue weighted by atomic mass is 10.0. The van der Waals surface area contributed by atoms with Gasteiger partial charge in [-0.05, 0) is 36.6 Å². The van der Waals surface area contributed by atoms with Gasteiger partial charge in [-0.15, -0.1) is 0 Å². The number of ether oxygens (including phenoxy) is 1. The Balaban J connectivity index is 1.57. The van der Waals surface area contributed by atoms with Crippen LogP contribution in [0.5, 0.6) is 5.75 Å². The lowest BCUT2D eigenvalue weighted by molar-refractivity contribution is -0.384. The molecule has 0 radical (unpaired) electrons. The molecule has 0 amide bonds. The average molecular weight is 377 g/mol. The Morgan fingerprint density at radius 2 is 1.96 bits per heavy atom. The summed E-state index contributed by atoms with van der Waals surface area (Å²) in [7, 11) is 1.43. The van der Waals surface area contributed by atoms with Crippen molar-refractivity contribution in [3.8, 4) is 5.75 Å². The Morgan fingerprint density at radius 3 is 2.59 bits per heavy atom. The minimum absolute atomic E-state index is 0.0225. The van der Waals surface area contributed by atoms with Crippen molar-refractivity contribution in [1.29, 1.82) is 0 Å². The SMILES string of the molecule is COc1ccc(CN2CCC(Nc3cc(F)ccc3[N+](=O)[O-])CC2)cc1F. The Kier molecular flexibility index (Phi) is 5.85. The van der Waals surface area contributed by atoms with Crippen molar-refractivity contribution in [2.45, 2.75) is 25.4 Å². The van der Waals surface area contributed by atoms with E-state index in [9.17, 15) is 18.9 Å². The molecule has 0 spiro atoms. The lowest BCUT2D eigenvalue weighted by Crippen LogP contribution is -2.38. The third-order valence-corrected chi connectivity index (χ3v) is 4.72. The Morgan fingerprint density at radius 1 is 1.22 bits per heavy atom. The topological polar surface area (TPSA) is 67.6 Å². The zero-order valence-electron chi connectivity index (χ0n) is 15.0. The van der Waals surface area contributed by atoms with Crippen molar-refractivity contribution < 1.29 is 18.4 Å². The molecule has 6 nitrogen and oxygen atoms in total. The smallest absolute Gasteiger partial charge is 0.292 e. The first kappa shape index (κ1) is 19.0. The van der Waals surface area contributed by atoms with Crippen LogP contribution in [0.1, 0.15) is 18.4 Å². The molecule has 144 valence electrons. The van der Waals surface area contributed by atoms with Gasteiger partial charge >= 0.3 is 0 Å². The summed E-state index contributed by atoms with van der Waals surface area (Å²) in [4.78, 5) is 12.8.